The maximum atomic E-state index is 11.7. The number of rotatable bonds is 7. The van der Waals surface area contributed by atoms with E-state index < -0.39 is 36.5 Å². The molecule has 0 aromatic heterocycles. The van der Waals surface area contributed by atoms with E-state index in [0.29, 0.717) is 0 Å². The van der Waals surface area contributed by atoms with Gasteiger partial charge in [-0.25, -0.2) is 4.79 Å². The number of aliphatic hydroxyl groups excluding tert-OH is 2. The van der Waals surface area contributed by atoms with E-state index in [-0.39, 0.29) is 5.57 Å². The number of carboxylic acids is 1. The van der Waals surface area contributed by atoms with E-state index >= 15 is 0 Å². The van der Waals surface area contributed by atoms with E-state index in [1.165, 1.54) is 6.92 Å². The van der Waals surface area contributed by atoms with Gasteiger partial charge in [-0.1, -0.05) is 13.5 Å². The second-order valence-corrected chi connectivity index (χ2v) is 3.61. The normalized spacial score (nSPS) is 14.2. The van der Waals surface area contributed by atoms with Crippen molar-refractivity contribution in [3.63, 3.8) is 0 Å². The Balaban J connectivity index is 4.94. The summed E-state index contributed by atoms with van der Waals surface area (Å²) in [5, 5.41) is 30.4. The second kappa shape index (κ2) is 8.01. The van der Waals surface area contributed by atoms with E-state index in [0.717, 1.165) is 12.3 Å². The molecule has 0 aromatic carbocycles. The smallest absolute Gasteiger partial charge is 0.353 e. The number of hydrogen-bond acceptors (Lipinski definition) is 5. The second-order valence-electron chi connectivity index (χ2n) is 3.61. The zero-order valence-electron chi connectivity index (χ0n) is 10.3. The molecule has 19 heavy (non-hydrogen) atoms. The van der Waals surface area contributed by atoms with Gasteiger partial charge in [0.05, 0.1) is 0 Å². The molecular formula is C11H16N2O6. The van der Waals surface area contributed by atoms with Crippen LogP contribution in [0.25, 0.3) is 0 Å². The minimum Gasteiger partial charge on any atom is -0.478 e. The fraction of sp³-hybridized carbons (Fsp3) is 0.364. The molecule has 106 valence electrons. The number of carboxylic acid groups (broad SMARTS) is 1. The van der Waals surface area contributed by atoms with Crippen molar-refractivity contribution in [1.82, 2.24) is 10.6 Å². The lowest BCUT2D eigenvalue weighted by molar-refractivity contribution is -0.150. The van der Waals surface area contributed by atoms with E-state index in [9.17, 15) is 14.4 Å². The summed E-state index contributed by atoms with van der Waals surface area (Å²) < 4.78 is 0. The fourth-order valence-electron chi connectivity index (χ4n) is 1.01. The summed E-state index contributed by atoms with van der Waals surface area (Å²) in [6, 6.07) is 0. The predicted octanol–water partition coefficient (Wildman–Crippen LogP) is -1.68. The van der Waals surface area contributed by atoms with Gasteiger partial charge in [-0.2, -0.15) is 0 Å². The zero-order chi connectivity index (χ0) is 15.0. The lowest BCUT2D eigenvalue weighted by atomic mass is 10.0. The van der Waals surface area contributed by atoms with Crippen molar-refractivity contribution in [2.24, 2.45) is 5.92 Å². The number of aliphatic carboxylic acids is 1. The van der Waals surface area contributed by atoms with Crippen LogP contribution >= 0.6 is 0 Å². The number of carbonyl (C=O) groups is 3. The van der Waals surface area contributed by atoms with Gasteiger partial charge in [0.1, 0.15) is 0 Å². The van der Waals surface area contributed by atoms with Crippen LogP contribution in [0.3, 0.4) is 0 Å². The lowest BCUT2D eigenvalue weighted by Gasteiger charge is -2.15. The molecule has 0 saturated carbocycles. The molecule has 0 rings (SSSR count). The molecule has 0 saturated heterocycles. The van der Waals surface area contributed by atoms with Crippen molar-refractivity contribution in [2.75, 3.05) is 6.61 Å². The highest BCUT2D eigenvalue weighted by molar-refractivity contribution is 5.97. The Kier molecular flexibility index (Phi) is 7.08. The minimum atomic E-state index is -2.07. The summed E-state index contributed by atoms with van der Waals surface area (Å²) >= 11 is 0. The Labute approximate surface area is 109 Å². The molecule has 0 aliphatic heterocycles. The van der Waals surface area contributed by atoms with E-state index in [4.69, 9.17) is 15.3 Å². The van der Waals surface area contributed by atoms with Crippen LogP contribution in [0.1, 0.15) is 6.92 Å². The highest BCUT2D eigenvalue weighted by Gasteiger charge is 2.22. The Bertz CT molecular complexity index is 404. The summed E-state index contributed by atoms with van der Waals surface area (Å²) in [5.41, 5.74) is -0.0852. The summed E-state index contributed by atoms with van der Waals surface area (Å²) in [4.78, 5) is 33.0. The van der Waals surface area contributed by atoms with Crippen molar-refractivity contribution < 1.29 is 29.7 Å². The molecule has 0 aliphatic rings. The molecule has 0 bridgehead atoms. The molecule has 2 unspecified atom stereocenters. The van der Waals surface area contributed by atoms with Gasteiger partial charge in [0.25, 0.3) is 5.91 Å². The van der Waals surface area contributed by atoms with Crippen molar-refractivity contribution in [2.45, 2.75) is 13.2 Å². The van der Waals surface area contributed by atoms with Crippen LogP contribution in [-0.2, 0) is 14.4 Å². The van der Waals surface area contributed by atoms with E-state index in [1.54, 1.807) is 5.32 Å². The molecule has 0 radical (unpaired) electrons. The molecular weight excluding hydrogens is 256 g/mol. The van der Waals surface area contributed by atoms with Crippen LogP contribution in [0.2, 0.25) is 0 Å². The summed E-state index contributed by atoms with van der Waals surface area (Å²) in [7, 11) is 0. The number of hydrogen-bond donors (Lipinski definition) is 5. The van der Waals surface area contributed by atoms with Gasteiger partial charge in [0.2, 0.25) is 12.1 Å². The zero-order valence-corrected chi connectivity index (χ0v) is 10.3. The van der Waals surface area contributed by atoms with Gasteiger partial charge >= 0.3 is 5.97 Å². The number of carbonyl (C=O) groups excluding carboxylic acids is 2. The fourth-order valence-corrected chi connectivity index (χ4v) is 1.01. The average Bonchev–Trinajstić information content (AvgIpc) is 2.37. The molecule has 0 aromatic rings. The highest BCUT2D eigenvalue weighted by atomic mass is 16.4. The molecule has 0 spiro atoms. The van der Waals surface area contributed by atoms with E-state index in [1.807, 2.05) is 0 Å². The lowest BCUT2D eigenvalue weighted by Crippen LogP contribution is -2.42. The Morgan fingerprint density at radius 2 is 1.95 bits per heavy atom. The summed E-state index contributed by atoms with van der Waals surface area (Å²) in [6.07, 6.45) is -0.0758. The van der Waals surface area contributed by atoms with Crippen molar-refractivity contribution >= 4 is 17.8 Å². The number of amides is 2. The third-order valence-electron chi connectivity index (χ3n) is 2.12. The Hall–Kier alpha value is -2.19. The van der Waals surface area contributed by atoms with Gasteiger partial charge in [0.15, 0.2) is 0 Å². The first-order chi connectivity index (χ1) is 8.83. The number of aliphatic hydroxyl groups is 2. The molecule has 0 heterocycles. The third-order valence-corrected chi connectivity index (χ3v) is 2.12. The average molecular weight is 272 g/mol. The van der Waals surface area contributed by atoms with Crippen LogP contribution < -0.4 is 10.6 Å². The molecule has 0 aliphatic carbocycles. The maximum absolute atomic E-state index is 11.7. The van der Waals surface area contributed by atoms with Gasteiger partial charge in [-0.05, 0) is 6.08 Å². The summed E-state index contributed by atoms with van der Waals surface area (Å²) in [6.45, 7) is 4.30. The maximum Gasteiger partial charge on any atom is 0.353 e. The van der Waals surface area contributed by atoms with Crippen molar-refractivity contribution in [1.29, 1.82) is 0 Å². The van der Waals surface area contributed by atoms with Crippen LogP contribution in [0, 0.1) is 5.92 Å². The standard InChI is InChI=1S/C11H16N2O6/c1-3-8(15)12-4-7(6(2)5-14)9(16)13-10(17)11(18)19/h3-4,6,10,14,17H,1,5H2,2H3,(H,12,15)(H,13,16)(H,18,19). The van der Waals surface area contributed by atoms with Gasteiger partial charge in [0, 0.05) is 24.3 Å². The first-order valence-electron chi connectivity index (χ1n) is 5.29. The molecule has 0 fully saturated rings. The molecule has 5 N–H and O–H groups in total. The molecule has 8 nitrogen and oxygen atoms in total. The van der Waals surface area contributed by atoms with Crippen LogP contribution in [0.5, 0.6) is 0 Å². The molecule has 2 atom stereocenters. The van der Waals surface area contributed by atoms with Crippen molar-refractivity contribution in [3.05, 3.63) is 24.4 Å². The number of nitrogens with one attached hydrogen (secondary N) is 2. The highest BCUT2D eigenvalue weighted by Crippen LogP contribution is 2.09. The van der Waals surface area contributed by atoms with Gasteiger partial charge in [-0.15, -0.1) is 0 Å². The Morgan fingerprint density at radius 1 is 1.37 bits per heavy atom. The SMILES string of the molecule is C=CC(=O)NC=C(C(=O)NC(O)C(=O)O)C(C)CO. The van der Waals surface area contributed by atoms with E-state index in [2.05, 4.69) is 11.9 Å². The third kappa shape index (κ3) is 5.80. The first kappa shape index (κ1) is 16.8. The molecule has 2 amide bonds. The monoisotopic (exact) mass is 272 g/mol. The van der Waals surface area contributed by atoms with Gasteiger partial charge in [-0.3, -0.25) is 9.59 Å². The molecule has 8 heteroatoms. The predicted molar refractivity (Wildman–Crippen MR) is 64.5 cm³/mol. The largest absolute Gasteiger partial charge is 0.478 e. The summed E-state index contributed by atoms with van der Waals surface area (Å²) in [5.74, 6) is -3.78. The van der Waals surface area contributed by atoms with Crippen molar-refractivity contribution in [3.8, 4) is 0 Å². The van der Waals surface area contributed by atoms with Crippen LogP contribution in [0.15, 0.2) is 24.4 Å². The van der Waals surface area contributed by atoms with Crippen LogP contribution in [0.4, 0.5) is 0 Å². The Morgan fingerprint density at radius 3 is 2.37 bits per heavy atom. The quantitative estimate of drug-likeness (QED) is 0.277. The minimum absolute atomic E-state index is 0.0852. The van der Waals surface area contributed by atoms with Gasteiger partial charge < -0.3 is 26.0 Å². The first-order valence-corrected chi connectivity index (χ1v) is 5.29. The van der Waals surface area contributed by atoms with Crippen LogP contribution in [-0.4, -0.2) is 45.9 Å². The topological polar surface area (TPSA) is 136 Å².